The van der Waals surface area contributed by atoms with Crippen molar-refractivity contribution in [1.29, 1.82) is 0 Å². The van der Waals surface area contributed by atoms with Crippen LogP contribution >= 0.6 is 0 Å². The van der Waals surface area contributed by atoms with E-state index >= 15 is 0 Å². The van der Waals surface area contributed by atoms with Gasteiger partial charge in [-0.25, -0.2) is 0 Å². The first-order valence-corrected chi connectivity index (χ1v) is 10.1. The van der Waals surface area contributed by atoms with Crippen molar-refractivity contribution in [3.8, 4) is 11.1 Å². The highest BCUT2D eigenvalue weighted by Gasteiger charge is 2.19. The van der Waals surface area contributed by atoms with Gasteiger partial charge >= 0.3 is 0 Å². The summed E-state index contributed by atoms with van der Waals surface area (Å²) in [6, 6.07) is 23.0. The van der Waals surface area contributed by atoms with Gasteiger partial charge in [0.2, 0.25) is 0 Å². The second-order valence-corrected chi connectivity index (χ2v) is 7.74. The second kappa shape index (κ2) is 8.58. The molecule has 5 nitrogen and oxygen atoms in total. The Hall–Kier alpha value is -3.70. The number of aldehydes is 1. The van der Waals surface area contributed by atoms with Gasteiger partial charge in [0, 0.05) is 30.7 Å². The van der Waals surface area contributed by atoms with E-state index in [1.165, 1.54) is 0 Å². The summed E-state index contributed by atoms with van der Waals surface area (Å²) in [6.45, 7) is 0.253. The minimum Gasteiger partial charge on any atom is -0.392 e. The summed E-state index contributed by atoms with van der Waals surface area (Å²) >= 11 is 0. The molecule has 4 rings (SSSR count). The molecule has 31 heavy (non-hydrogen) atoms. The van der Waals surface area contributed by atoms with Gasteiger partial charge < -0.3 is 14.6 Å². The quantitative estimate of drug-likeness (QED) is 0.485. The summed E-state index contributed by atoms with van der Waals surface area (Å²) in [7, 11) is 3.90. The van der Waals surface area contributed by atoms with E-state index in [9.17, 15) is 14.7 Å². The Kier molecular flexibility index (Phi) is 5.69. The van der Waals surface area contributed by atoms with Crippen LogP contribution in [-0.4, -0.2) is 30.1 Å². The third kappa shape index (κ3) is 3.88. The van der Waals surface area contributed by atoms with E-state index in [2.05, 4.69) is 0 Å². The van der Waals surface area contributed by atoms with Gasteiger partial charge in [0.05, 0.1) is 24.2 Å². The summed E-state index contributed by atoms with van der Waals surface area (Å²) in [4.78, 5) is 27.6. The zero-order valence-electron chi connectivity index (χ0n) is 17.6. The van der Waals surface area contributed by atoms with E-state index in [1.54, 1.807) is 4.57 Å². The molecule has 0 atom stereocenters. The molecule has 0 aliphatic carbocycles. The van der Waals surface area contributed by atoms with Gasteiger partial charge in [-0.3, -0.25) is 9.59 Å². The van der Waals surface area contributed by atoms with Crippen LogP contribution in [0.2, 0.25) is 0 Å². The van der Waals surface area contributed by atoms with Gasteiger partial charge in [0.25, 0.3) is 5.56 Å². The molecule has 0 fully saturated rings. The number of rotatable bonds is 6. The topological polar surface area (TPSA) is 62.5 Å². The molecule has 1 N–H and O–H groups in total. The molecule has 3 aromatic carbocycles. The molecule has 0 unspecified atom stereocenters. The third-order valence-corrected chi connectivity index (χ3v) is 5.50. The Balaban J connectivity index is 2.08. The molecule has 5 heteroatoms. The predicted octanol–water partition coefficient (Wildman–Crippen LogP) is 4.09. The molecule has 0 amide bonds. The third-order valence-electron chi connectivity index (χ3n) is 5.50. The molecule has 0 aliphatic heterocycles. The number of pyridine rings is 1. The van der Waals surface area contributed by atoms with Crippen LogP contribution in [0.25, 0.3) is 22.0 Å². The summed E-state index contributed by atoms with van der Waals surface area (Å²) in [5.74, 6) is 0. The van der Waals surface area contributed by atoms with E-state index in [0.29, 0.717) is 18.4 Å². The molecule has 0 spiro atoms. The Bertz CT molecular complexity index is 1310. The molecule has 0 saturated carbocycles. The fourth-order valence-electron chi connectivity index (χ4n) is 3.91. The lowest BCUT2D eigenvalue weighted by Gasteiger charge is -2.19. The van der Waals surface area contributed by atoms with Crippen molar-refractivity contribution in [3.05, 3.63) is 99.8 Å². The second-order valence-electron chi connectivity index (χ2n) is 7.74. The molecule has 1 aromatic heterocycles. The maximum absolute atomic E-state index is 13.5. The summed E-state index contributed by atoms with van der Waals surface area (Å²) in [5.41, 5.74) is 4.55. The Morgan fingerprint density at radius 1 is 0.935 bits per heavy atom. The average molecular weight is 412 g/mol. The molecular weight excluding hydrogens is 388 g/mol. The number of carbonyl (C=O) groups is 1. The number of fused-ring (bicyclic) bond motifs is 1. The van der Waals surface area contributed by atoms with Crippen LogP contribution in [0.5, 0.6) is 0 Å². The molecule has 4 aromatic rings. The number of benzene rings is 3. The molecule has 156 valence electrons. The van der Waals surface area contributed by atoms with Crippen LogP contribution < -0.4 is 10.5 Å². The lowest BCUT2D eigenvalue weighted by Crippen LogP contribution is -2.26. The first-order valence-electron chi connectivity index (χ1n) is 10.1. The number of aromatic nitrogens is 1. The summed E-state index contributed by atoms with van der Waals surface area (Å²) in [5, 5.41) is 10.4. The van der Waals surface area contributed by atoms with Crippen molar-refractivity contribution in [2.75, 3.05) is 19.0 Å². The lowest BCUT2D eigenvalue weighted by atomic mass is 9.94. The molecule has 0 saturated heterocycles. The average Bonchev–Trinajstić information content (AvgIpc) is 2.80. The number of aliphatic hydroxyl groups excluding tert-OH is 1. The Morgan fingerprint density at radius 2 is 1.68 bits per heavy atom. The van der Waals surface area contributed by atoms with Gasteiger partial charge in [-0.15, -0.1) is 0 Å². The van der Waals surface area contributed by atoms with E-state index in [-0.39, 0.29) is 17.7 Å². The van der Waals surface area contributed by atoms with E-state index in [1.807, 2.05) is 91.8 Å². The fourth-order valence-corrected chi connectivity index (χ4v) is 3.91. The van der Waals surface area contributed by atoms with Crippen molar-refractivity contribution >= 4 is 22.9 Å². The summed E-state index contributed by atoms with van der Waals surface area (Å²) in [6.07, 6.45) is 0.643. The monoisotopic (exact) mass is 412 g/mol. The van der Waals surface area contributed by atoms with Crippen LogP contribution in [0.3, 0.4) is 0 Å². The number of hydrogen-bond acceptors (Lipinski definition) is 4. The zero-order chi connectivity index (χ0) is 22.0. The molecule has 1 heterocycles. The van der Waals surface area contributed by atoms with Crippen LogP contribution in [0.1, 0.15) is 21.5 Å². The van der Waals surface area contributed by atoms with Crippen LogP contribution in [0.15, 0.2) is 77.6 Å². The number of anilines is 1. The Labute approximate surface area is 180 Å². The van der Waals surface area contributed by atoms with Crippen LogP contribution in [0.4, 0.5) is 5.69 Å². The SMILES string of the molecule is CN(C)c1ccc2c(-c3cccc(CO)c3)c(C=O)c(=O)n(Cc3ccccc3)c2c1. The Morgan fingerprint density at radius 3 is 2.35 bits per heavy atom. The van der Waals surface area contributed by atoms with Crippen molar-refractivity contribution in [2.45, 2.75) is 13.2 Å². The lowest BCUT2D eigenvalue weighted by molar-refractivity contribution is 0.112. The van der Waals surface area contributed by atoms with E-state index in [4.69, 9.17) is 0 Å². The molecule has 0 radical (unpaired) electrons. The maximum atomic E-state index is 13.5. The molecule has 0 aliphatic rings. The predicted molar refractivity (Wildman–Crippen MR) is 125 cm³/mol. The highest BCUT2D eigenvalue weighted by molar-refractivity contribution is 6.03. The highest BCUT2D eigenvalue weighted by Crippen LogP contribution is 2.32. The smallest absolute Gasteiger partial charge is 0.262 e. The van der Waals surface area contributed by atoms with Crippen molar-refractivity contribution in [2.24, 2.45) is 0 Å². The van der Waals surface area contributed by atoms with Crippen LogP contribution in [0, 0.1) is 0 Å². The standard InChI is InChI=1S/C26H24N2O3/c1-27(2)21-11-12-22-24(14-21)28(15-18-7-4-3-5-8-18)26(31)23(17-30)25(22)20-10-6-9-19(13-20)16-29/h3-14,17,29H,15-16H2,1-2H3. The first-order chi connectivity index (χ1) is 15.0. The van der Waals surface area contributed by atoms with Gasteiger partial charge in [0.15, 0.2) is 6.29 Å². The first kappa shape index (κ1) is 20.6. The van der Waals surface area contributed by atoms with Crippen molar-refractivity contribution in [3.63, 3.8) is 0 Å². The minimum atomic E-state index is -0.327. The van der Waals surface area contributed by atoms with Crippen molar-refractivity contribution in [1.82, 2.24) is 4.57 Å². The largest absolute Gasteiger partial charge is 0.392 e. The van der Waals surface area contributed by atoms with Crippen molar-refractivity contribution < 1.29 is 9.90 Å². The van der Waals surface area contributed by atoms with E-state index < -0.39 is 0 Å². The zero-order valence-corrected chi connectivity index (χ0v) is 17.6. The summed E-state index contributed by atoms with van der Waals surface area (Å²) < 4.78 is 1.67. The van der Waals surface area contributed by atoms with Gasteiger partial charge in [-0.05, 0) is 34.9 Å². The number of hydrogen-bond donors (Lipinski definition) is 1. The maximum Gasteiger partial charge on any atom is 0.262 e. The van der Waals surface area contributed by atoms with Gasteiger partial charge in [-0.2, -0.15) is 0 Å². The normalized spacial score (nSPS) is 10.9. The van der Waals surface area contributed by atoms with Gasteiger partial charge in [0.1, 0.15) is 0 Å². The molecule has 0 bridgehead atoms. The highest BCUT2D eigenvalue weighted by atomic mass is 16.3. The molecular formula is C26H24N2O3. The van der Waals surface area contributed by atoms with Crippen LogP contribution in [-0.2, 0) is 13.2 Å². The van der Waals surface area contributed by atoms with E-state index in [0.717, 1.165) is 33.3 Å². The van der Waals surface area contributed by atoms with Gasteiger partial charge in [-0.1, -0.05) is 54.6 Å². The fraction of sp³-hybridized carbons (Fsp3) is 0.154. The minimum absolute atomic E-state index is 0.113. The number of carbonyl (C=O) groups excluding carboxylic acids is 1. The number of nitrogens with zero attached hydrogens (tertiary/aromatic N) is 2. The number of aliphatic hydroxyl groups is 1.